The summed E-state index contributed by atoms with van der Waals surface area (Å²) in [5.41, 5.74) is 6.63. The van der Waals surface area contributed by atoms with Crippen molar-refractivity contribution in [1.82, 2.24) is 4.90 Å². The molecule has 20 heavy (non-hydrogen) atoms. The Morgan fingerprint density at radius 1 is 1.15 bits per heavy atom. The zero-order valence-electron chi connectivity index (χ0n) is 11.2. The Labute approximate surface area is 117 Å². The van der Waals surface area contributed by atoms with Crippen molar-refractivity contribution in [3.63, 3.8) is 0 Å². The van der Waals surface area contributed by atoms with E-state index in [4.69, 9.17) is 15.2 Å². The molecule has 1 fully saturated rings. The standard InChI is InChI=1S/C14H18N2O4/c15-6-5-11-1-3-12(4-2-11)20-8-7-16-13(17)9-19-10-14(16)18/h1-4H,5-10,15H2. The highest BCUT2D eigenvalue weighted by molar-refractivity contribution is 5.98. The molecule has 0 radical (unpaired) electrons. The van der Waals surface area contributed by atoms with E-state index < -0.39 is 0 Å². The van der Waals surface area contributed by atoms with Crippen LogP contribution in [0.25, 0.3) is 0 Å². The number of ether oxygens (including phenoxy) is 2. The van der Waals surface area contributed by atoms with E-state index in [0.29, 0.717) is 12.3 Å². The number of morpholine rings is 1. The highest BCUT2D eigenvalue weighted by atomic mass is 16.5. The number of benzene rings is 1. The highest BCUT2D eigenvalue weighted by Gasteiger charge is 2.26. The lowest BCUT2D eigenvalue weighted by Gasteiger charge is -2.24. The van der Waals surface area contributed by atoms with Crippen LogP contribution in [-0.2, 0) is 20.7 Å². The number of amides is 2. The van der Waals surface area contributed by atoms with Crippen LogP contribution in [-0.4, -0.2) is 49.6 Å². The fraction of sp³-hybridized carbons (Fsp3) is 0.429. The Morgan fingerprint density at radius 2 is 1.80 bits per heavy atom. The lowest BCUT2D eigenvalue weighted by Crippen LogP contribution is -2.47. The molecule has 108 valence electrons. The molecule has 6 nitrogen and oxygen atoms in total. The zero-order valence-corrected chi connectivity index (χ0v) is 11.2. The molecule has 2 N–H and O–H groups in total. The summed E-state index contributed by atoms with van der Waals surface area (Å²) >= 11 is 0. The maximum absolute atomic E-state index is 11.5. The topological polar surface area (TPSA) is 81.9 Å². The monoisotopic (exact) mass is 278 g/mol. The number of imide groups is 1. The van der Waals surface area contributed by atoms with Gasteiger partial charge in [-0.25, -0.2) is 0 Å². The van der Waals surface area contributed by atoms with E-state index in [0.717, 1.165) is 12.0 Å². The summed E-state index contributed by atoms with van der Waals surface area (Å²) < 4.78 is 10.4. The third kappa shape index (κ3) is 3.79. The number of nitrogens with two attached hydrogens (primary N) is 1. The van der Waals surface area contributed by atoms with Gasteiger partial charge in [0.25, 0.3) is 11.8 Å². The summed E-state index contributed by atoms with van der Waals surface area (Å²) in [4.78, 5) is 24.1. The Bertz CT molecular complexity index is 457. The lowest BCUT2D eigenvalue weighted by molar-refractivity contribution is -0.158. The van der Waals surface area contributed by atoms with Gasteiger partial charge in [0.05, 0.1) is 6.54 Å². The molecule has 1 aliphatic heterocycles. The van der Waals surface area contributed by atoms with Crippen LogP contribution in [0.2, 0.25) is 0 Å². The molecule has 1 saturated heterocycles. The van der Waals surface area contributed by atoms with Crippen molar-refractivity contribution in [3.8, 4) is 5.75 Å². The van der Waals surface area contributed by atoms with Crippen LogP contribution in [0, 0.1) is 0 Å². The van der Waals surface area contributed by atoms with Crippen LogP contribution in [0.1, 0.15) is 5.56 Å². The molecular weight excluding hydrogens is 260 g/mol. The molecule has 0 unspecified atom stereocenters. The average Bonchev–Trinajstić information content (AvgIpc) is 2.44. The van der Waals surface area contributed by atoms with Crippen molar-refractivity contribution in [3.05, 3.63) is 29.8 Å². The largest absolute Gasteiger partial charge is 0.492 e. The van der Waals surface area contributed by atoms with Crippen molar-refractivity contribution >= 4 is 11.8 Å². The molecule has 1 aromatic carbocycles. The molecule has 0 atom stereocenters. The number of rotatable bonds is 6. The van der Waals surface area contributed by atoms with Gasteiger partial charge in [-0.05, 0) is 30.7 Å². The van der Waals surface area contributed by atoms with Crippen LogP contribution >= 0.6 is 0 Å². The Morgan fingerprint density at radius 3 is 2.40 bits per heavy atom. The van der Waals surface area contributed by atoms with Crippen molar-refractivity contribution in [2.45, 2.75) is 6.42 Å². The minimum atomic E-state index is -0.317. The van der Waals surface area contributed by atoms with E-state index in [9.17, 15) is 9.59 Å². The third-order valence-electron chi connectivity index (χ3n) is 2.99. The van der Waals surface area contributed by atoms with Gasteiger partial charge < -0.3 is 15.2 Å². The van der Waals surface area contributed by atoms with Gasteiger partial charge in [0, 0.05) is 0 Å². The molecule has 0 saturated carbocycles. The van der Waals surface area contributed by atoms with Crippen LogP contribution in [0.4, 0.5) is 0 Å². The fourth-order valence-electron chi connectivity index (χ4n) is 1.94. The Hall–Kier alpha value is -1.92. The van der Waals surface area contributed by atoms with Crippen LogP contribution in [0.15, 0.2) is 24.3 Å². The molecule has 0 aliphatic carbocycles. The molecule has 6 heteroatoms. The molecule has 1 heterocycles. The number of hydrogen-bond donors (Lipinski definition) is 1. The second-order valence-corrected chi connectivity index (χ2v) is 4.46. The molecule has 1 aliphatic rings. The number of carbonyl (C=O) groups is 2. The van der Waals surface area contributed by atoms with Gasteiger partial charge in [0.2, 0.25) is 0 Å². The molecule has 0 bridgehead atoms. The van der Waals surface area contributed by atoms with Gasteiger partial charge in [0.15, 0.2) is 0 Å². The summed E-state index contributed by atoms with van der Waals surface area (Å²) in [6.07, 6.45) is 0.830. The number of hydrogen-bond acceptors (Lipinski definition) is 5. The lowest BCUT2D eigenvalue weighted by atomic mass is 10.1. The second-order valence-electron chi connectivity index (χ2n) is 4.46. The molecule has 1 aromatic rings. The first-order valence-corrected chi connectivity index (χ1v) is 6.53. The van der Waals surface area contributed by atoms with Crippen LogP contribution in [0.5, 0.6) is 5.75 Å². The molecule has 2 amide bonds. The van der Waals surface area contributed by atoms with Gasteiger partial charge >= 0.3 is 0 Å². The fourth-order valence-corrected chi connectivity index (χ4v) is 1.94. The average molecular weight is 278 g/mol. The quantitative estimate of drug-likeness (QED) is 0.738. The van der Waals surface area contributed by atoms with E-state index in [1.807, 2.05) is 24.3 Å². The van der Waals surface area contributed by atoms with E-state index >= 15 is 0 Å². The Kier molecular flexibility index (Phi) is 5.09. The van der Waals surface area contributed by atoms with Crippen molar-refractivity contribution in [2.24, 2.45) is 5.73 Å². The summed E-state index contributed by atoms with van der Waals surface area (Å²) in [7, 11) is 0. The minimum Gasteiger partial charge on any atom is -0.492 e. The summed E-state index contributed by atoms with van der Waals surface area (Å²) in [6.45, 7) is 1.04. The smallest absolute Gasteiger partial charge is 0.255 e. The molecule has 0 spiro atoms. The highest BCUT2D eigenvalue weighted by Crippen LogP contribution is 2.12. The minimum absolute atomic E-state index is 0.0421. The van der Waals surface area contributed by atoms with Crippen LogP contribution < -0.4 is 10.5 Å². The van der Waals surface area contributed by atoms with Gasteiger partial charge in [0.1, 0.15) is 25.6 Å². The normalized spacial score (nSPS) is 15.6. The van der Waals surface area contributed by atoms with E-state index in [1.165, 1.54) is 4.90 Å². The van der Waals surface area contributed by atoms with Gasteiger partial charge in [-0.3, -0.25) is 14.5 Å². The Balaban J connectivity index is 1.80. The second kappa shape index (κ2) is 7.02. The third-order valence-corrected chi connectivity index (χ3v) is 2.99. The SMILES string of the molecule is NCCc1ccc(OCCN2C(=O)COCC2=O)cc1. The molecule has 2 rings (SSSR count). The van der Waals surface area contributed by atoms with Crippen LogP contribution in [0.3, 0.4) is 0 Å². The summed E-state index contributed by atoms with van der Waals surface area (Å²) in [5.74, 6) is 0.0743. The number of carbonyl (C=O) groups excluding carboxylic acids is 2. The van der Waals surface area contributed by atoms with E-state index in [-0.39, 0.29) is 38.2 Å². The van der Waals surface area contributed by atoms with Crippen molar-refractivity contribution in [1.29, 1.82) is 0 Å². The van der Waals surface area contributed by atoms with Gasteiger partial charge in [-0.1, -0.05) is 12.1 Å². The van der Waals surface area contributed by atoms with Crippen molar-refractivity contribution in [2.75, 3.05) is 32.9 Å². The maximum atomic E-state index is 11.5. The first-order valence-electron chi connectivity index (χ1n) is 6.53. The molecular formula is C14H18N2O4. The first kappa shape index (κ1) is 14.5. The van der Waals surface area contributed by atoms with Gasteiger partial charge in [-0.15, -0.1) is 0 Å². The predicted molar refractivity (Wildman–Crippen MR) is 72.2 cm³/mol. The maximum Gasteiger partial charge on any atom is 0.255 e. The van der Waals surface area contributed by atoms with Crippen molar-refractivity contribution < 1.29 is 19.1 Å². The van der Waals surface area contributed by atoms with E-state index in [1.54, 1.807) is 0 Å². The van der Waals surface area contributed by atoms with Gasteiger partial charge in [-0.2, -0.15) is 0 Å². The summed E-state index contributed by atoms with van der Waals surface area (Å²) in [6, 6.07) is 7.61. The predicted octanol–water partition coefficient (Wildman–Crippen LogP) is -0.0480. The first-order chi connectivity index (χ1) is 9.70. The summed E-state index contributed by atoms with van der Waals surface area (Å²) in [5, 5.41) is 0. The zero-order chi connectivity index (χ0) is 14.4. The van der Waals surface area contributed by atoms with E-state index in [2.05, 4.69) is 0 Å². The number of nitrogens with zero attached hydrogens (tertiary/aromatic N) is 1. The molecule has 0 aromatic heterocycles.